The summed E-state index contributed by atoms with van der Waals surface area (Å²) in [5.74, 6) is 0.653. The van der Waals surface area contributed by atoms with E-state index in [1.165, 1.54) is 37.7 Å². The number of aryl methyl sites for hydroxylation is 1. The van der Waals surface area contributed by atoms with E-state index in [1.54, 1.807) is 0 Å². The number of ether oxygens (including phenoxy) is 1. The molecule has 158 valence electrons. The van der Waals surface area contributed by atoms with Gasteiger partial charge in [-0.15, -0.1) is 0 Å². The summed E-state index contributed by atoms with van der Waals surface area (Å²) in [5.41, 5.74) is 3.37. The zero-order chi connectivity index (χ0) is 20.9. The van der Waals surface area contributed by atoms with Crippen molar-refractivity contribution in [2.75, 3.05) is 0 Å². The van der Waals surface area contributed by atoms with Crippen LogP contribution in [0.4, 0.5) is 0 Å². The van der Waals surface area contributed by atoms with E-state index in [-0.39, 0.29) is 12.1 Å². The first-order valence-electron chi connectivity index (χ1n) is 11.2. The van der Waals surface area contributed by atoms with Crippen LogP contribution in [0.5, 0.6) is 0 Å². The van der Waals surface area contributed by atoms with Gasteiger partial charge in [-0.3, -0.25) is 4.79 Å². The molecule has 4 nitrogen and oxygen atoms in total. The van der Waals surface area contributed by atoms with Crippen LogP contribution in [0.2, 0.25) is 0 Å². The molecule has 29 heavy (non-hydrogen) atoms. The molecule has 0 spiro atoms. The monoisotopic (exact) mass is 396 g/mol. The van der Waals surface area contributed by atoms with Crippen molar-refractivity contribution in [3.63, 3.8) is 0 Å². The maximum atomic E-state index is 11.7. The van der Waals surface area contributed by atoms with E-state index in [1.807, 2.05) is 31.5 Å². The zero-order valence-electron chi connectivity index (χ0n) is 18.3. The molecule has 0 radical (unpaired) electrons. The molecule has 0 bridgehead atoms. The molecule has 1 heterocycles. The normalized spacial score (nSPS) is 12.0. The third-order valence-electron chi connectivity index (χ3n) is 5.08. The number of aromatic nitrogens is 2. The number of benzene rings is 1. The van der Waals surface area contributed by atoms with Crippen molar-refractivity contribution in [3.8, 4) is 11.4 Å². The Hall–Kier alpha value is -2.23. The fourth-order valence-corrected chi connectivity index (χ4v) is 3.33. The summed E-state index contributed by atoms with van der Waals surface area (Å²) in [7, 11) is 0. The summed E-state index contributed by atoms with van der Waals surface area (Å²) in [6.07, 6.45) is 14.4. The van der Waals surface area contributed by atoms with Crippen LogP contribution in [0.15, 0.2) is 36.7 Å². The van der Waals surface area contributed by atoms with E-state index in [0.29, 0.717) is 6.42 Å². The zero-order valence-corrected chi connectivity index (χ0v) is 18.3. The molecule has 0 saturated heterocycles. The van der Waals surface area contributed by atoms with Crippen molar-refractivity contribution in [2.24, 2.45) is 0 Å². The van der Waals surface area contributed by atoms with Gasteiger partial charge in [0.25, 0.3) is 0 Å². The average molecular weight is 397 g/mol. The molecule has 2 aromatic rings. The number of carbonyl (C=O) groups is 1. The molecule has 2 rings (SSSR count). The standard InChI is InChI=1S/C25H36N2O2/c1-4-6-8-9-10-11-22-18-26-25(27-19-22)23-15-13-21(14-16-23)17-20(3)29-24(28)12-7-5-2/h13-16,18-20H,4-12,17H2,1-3H3. The number of carbonyl (C=O) groups excluding carboxylic acids is 1. The molecule has 4 heteroatoms. The van der Waals surface area contributed by atoms with E-state index in [4.69, 9.17) is 4.74 Å². The lowest BCUT2D eigenvalue weighted by Crippen LogP contribution is -2.17. The molecular weight excluding hydrogens is 360 g/mol. The van der Waals surface area contributed by atoms with Gasteiger partial charge < -0.3 is 4.74 Å². The quantitative estimate of drug-likeness (QED) is 0.294. The van der Waals surface area contributed by atoms with Gasteiger partial charge in [0, 0.05) is 30.8 Å². The van der Waals surface area contributed by atoms with Gasteiger partial charge in [0.05, 0.1) is 0 Å². The highest BCUT2D eigenvalue weighted by molar-refractivity contribution is 5.69. The number of rotatable bonds is 13. The lowest BCUT2D eigenvalue weighted by Gasteiger charge is -2.13. The maximum Gasteiger partial charge on any atom is 0.306 e. The summed E-state index contributed by atoms with van der Waals surface area (Å²) in [6.45, 7) is 6.26. The Labute approximate surface area is 176 Å². The SMILES string of the molecule is CCCCCCCc1cnc(-c2ccc(CC(C)OC(=O)CCCC)cc2)nc1. The van der Waals surface area contributed by atoms with Gasteiger partial charge in [0.2, 0.25) is 0 Å². The van der Waals surface area contributed by atoms with Crippen molar-refractivity contribution >= 4 is 5.97 Å². The minimum absolute atomic E-state index is 0.102. The molecule has 0 saturated carbocycles. The first-order chi connectivity index (χ1) is 14.1. The molecule has 0 amide bonds. The summed E-state index contributed by atoms with van der Waals surface area (Å²) in [5, 5.41) is 0. The van der Waals surface area contributed by atoms with Gasteiger partial charge >= 0.3 is 5.97 Å². The smallest absolute Gasteiger partial charge is 0.306 e. The molecule has 1 aromatic carbocycles. The number of unbranched alkanes of at least 4 members (excludes halogenated alkanes) is 5. The Morgan fingerprint density at radius 3 is 2.21 bits per heavy atom. The predicted molar refractivity (Wildman–Crippen MR) is 119 cm³/mol. The van der Waals surface area contributed by atoms with E-state index in [2.05, 4.69) is 35.9 Å². The van der Waals surface area contributed by atoms with Crippen LogP contribution >= 0.6 is 0 Å². The molecule has 1 aromatic heterocycles. The van der Waals surface area contributed by atoms with Gasteiger partial charge in [-0.25, -0.2) is 9.97 Å². The largest absolute Gasteiger partial charge is 0.462 e. The predicted octanol–water partition coefficient (Wildman–Crippen LogP) is 6.32. The Kier molecular flexibility index (Phi) is 10.4. The van der Waals surface area contributed by atoms with Crippen LogP contribution < -0.4 is 0 Å². The number of hydrogen-bond acceptors (Lipinski definition) is 4. The van der Waals surface area contributed by atoms with E-state index in [9.17, 15) is 4.79 Å². The van der Waals surface area contributed by atoms with Gasteiger partial charge in [-0.1, -0.05) is 70.2 Å². The minimum atomic E-state index is -0.113. The number of hydrogen-bond donors (Lipinski definition) is 0. The van der Waals surface area contributed by atoms with Gasteiger partial charge in [-0.05, 0) is 37.3 Å². The maximum absolute atomic E-state index is 11.7. The molecular formula is C25H36N2O2. The summed E-state index contributed by atoms with van der Waals surface area (Å²) < 4.78 is 5.47. The van der Waals surface area contributed by atoms with Crippen LogP contribution in [-0.4, -0.2) is 22.0 Å². The number of esters is 1. The lowest BCUT2D eigenvalue weighted by molar-refractivity contribution is -0.148. The van der Waals surface area contributed by atoms with Crippen molar-refractivity contribution in [3.05, 3.63) is 47.8 Å². The molecule has 0 N–H and O–H groups in total. The highest BCUT2D eigenvalue weighted by atomic mass is 16.5. The Morgan fingerprint density at radius 2 is 1.55 bits per heavy atom. The van der Waals surface area contributed by atoms with Crippen molar-refractivity contribution < 1.29 is 9.53 Å². The van der Waals surface area contributed by atoms with Crippen LogP contribution in [0.1, 0.15) is 83.3 Å². The molecule has 0 fully saturated rings. The minimum Gasteiger partial charge on any atom is -0.462 e. The van der Waals surface area contributed by atoms with E-state index >= 15 is 0 Å². The Morgan fingerprint density at radius 1 is 0.897 bits per heavy atom. The third kappa shape index (κ3) is 8.76. The molecule has 0 aliphatic carbocycles. The van der Waals surface area contributed by atoms with Gasteiger partial charge in [0.1, 0.15) is 6.10 Å². The second-order valence-corrected chi connectivity index (χ2v) is 7.88. The summed E-state index contributed by atoms with van der Waals surface area (Å²) in [4.78, 5) is 20.8. The van der Waals surface area contributed by atoms with E-state index < -0.39 is 0 Å². The van der Waals surface area contributed by atoms with Crippen LogP contribution in [0.25, 0.3) is 11.4 Å². The average Bonchev–Trinajstić information content (AvgIpc) is 2.73. The van der Waals surface area contributed by atoms with Crippen LogP contribution in [0.3, 0.4) is 0 Å². The molecule has 0 aliphatic rings. The fourth-order valence-electron chi connectivity index (χ4n) is 3.33. The second kappa shape index (κ2) is 13.1. The van der Waals surface area contributed by atoms with Crippen molar-refractivity contribution in [1.29, 1.82) is 0 Å². The van der Waals surface area contributed by atoms with Gasteiger partial charge in [0.15, 0.2) is 5.82 Å². The topological polar surface area (TPSA) is 52.1 Å². The number of nitrogens with zero attached hydrogens (tertiary/aromatic N) is 2. The van der Waals surface area contributed by atoms with Crippen molar-refractivity contribution in [2.45, 2.75) is 91.1 Å². The summed E-state index contributed by atoms with van der Waals surface area (Å²) >= 11 is 0. The van der Waals surface area contributed by atoms with Crippen LogP contribution in [-0.2, 0) is 22.4 Å². The molecule has 1 unspecified atom stereocenters. The highest BCUT2D eigenvalue weighted by Crippen LogP contribution is 2.17. The fraction of sp³-hybridized carbons (Fsp3) is 0.560. The molecule has 1 atom stereocenters. The lowest BCUT2D eigenvalue weighted by atomic mass is 10.1. The van der Waals surface area contributed by atoms with E-state index in [0.717, 1.165) is 42.6 Å². The first-order valence-corrected chi connectivity index (χ1v) is 11.2. The third-order valence-corrected chi connectivity index (χ3v) is 5.08. The Bertz CT molecular complexity index is 711. The molecule has 0 aliphatic heterocycles. The summed E-state index contributed by atoms with van der Waals surface area (Å²) in [6, 6.07) is 8.22. The Balaban J connectivity index is 1.82. The highest BCUT2D eigenvalue weighted by Gasteiger charge is 2.10. The first kappa shape index (κ1) is 23.1. The second-order valence-electron chi connectivity index (χ2n) is 7.88. The van der Waals surface area contributed by atoms with Crippen LogP contribution in [0, 0.1) is 0 Å². The van der Waals surface area contributed by atoms with Gasteiger partial charge in [-0.2, -0.15) is 0 Å². The van der Waals surface area contributed by atoms with Crippen molar-refractivity contribution in [1.82, 2.24) is 9.97 Å².